The molecule has 1 N–H and O–H groups in total. The van der Waals surface area contributed by atoms with Crippen LogP contribution >= 0.6 is 0 Å². The van der Waals surface area contributed by atoms with E-state index in [0.29, 0.717) is 6.04 Å². The third-order valence-corrected chi connectivity index (χ3v) is 2.72. The number of hydrogen-bond donors (Lipinski definition) is 1. The normalized spacial score (nSPS) is 11.6. The molecule has 0 heterocycles. The Hall–Kier alpha value is -0.0800. The summed E-state index contributed by atoms with van der Waals surface area (Å²) in [5.74, 6) is 0. The van der Waals surface area contributed by atoms with E-state index >= 15 is 0 Å². The Morgan fingerprint density at radius 2 is 1.67 bits per heavy atom. The van der Waals surface area contributed by atoms with Gasteiger partial charge in [-0.2, -0.15) is 0 Å². The second-order valence-electron chi connectivity index (χ2n) is 4.59. The van der Waals surface area contributed by atoms with Crippen LogP contribution in [-0.2, 0) is 0 Å². The van der Waals surface area contributed by atoms with Gasteiger partial charge in [0.2, 0.25) is 0 Å². The minimum Gasteiger partial charge on any atom is -0.317 e. The molecular formula is C13H30N2. The van der Waals surface area contributed by atoms with Crippen LogP contribution in [0, 0.1) is 0 Å². The fourth-order valence-electron chi connectivity index (χ4n) is 1.78. The Morgan fingerprint density at radius 3 is 2.20 bits per heavy atom. The summed E-state index contributed by atoms with van der Waals surface area (Å²) in [6, 6.07) is 0.702. The molecule has 0 aromatic carbocycles. The molecule has 0 bridgehead atoms. The molecule has 0 saturated carbocycles. The van der Waals surface area contributed by atoms with Crippen molar-refractivity contribution in [2.75, 3.05) is 26.2 Å². The Morgan fingerprint density at radius 1 is 0.933 bits per heavy atom. The molecule has 0 radical (unpaired) electrons. The fourth-order valence-corrected chi connectivity index (χ4v) is 1.78. The molecule has 2 nitrogen and oxygen atoms in total. The molecular weight excluding hydrogens is 184 g/mol. The minimum atomic E-state index is 0.702. The molecule has 2 heteroatoms. The molecule has 15 heavy (non-hydrogen) atoms. The van der Waals surface area contributed by atoms with Crippen LogP contribution in [0.15, 0.2) is 0 Å². The summed E-state index contributed by atoms with van der Waals surface area (Å²) < 4.78 is 0. The lowest BCUT2D eigenvalue weighted by atomic mass is 10.2. The van der Waals surface area contributed by atoms with Crippen LogP contribution in [0.1, 0.15) is 53.4 Å². The van der Waals surface area contributed by atoms with Crippen molar-refractivity contribution in [2.24, 2.45) is 0 Å². The molecule has 0 aliphatic heterocycles. The third-order valence-electron chi connectivity index (χ3n) is 2.72. The Kier molecular flexibility index (Phi) is 10.4. The lowest BCUT2D eigenvalue weighted by molar-refractivity contribution is 0.217. The second-order valence-corrected chi connectivity index (χ2v) is 4.59. The molecule has 0 aliphatic rings. The summed E-state index contributed by atoms with van der Waals surface area (Å²) in [6.07, 6.45) is 5.15. The van der Waals surface area contributed by atoms with Crippen LogP contribution in [0.25, 0.3) is 0 Å². The van der Waals surface area contributed by atoms with E-state index in [4.69, 9.17) is 0 Å². The topological polar surface area (TPSA) is 15.3 Å². The number of nitrogens with one attached hydrogen (secondary N) is 1. The van der Waals surface area contributed by atoms with E-state index in [2.05, 4.69) is 37.9 Å². The van der Waals surface area contributed by atoms with Crippen LogP contribution < -0.4 is 5.32 Å². The molecule has 0 atom stereocenters. The van der Waals surface area contributed by atoms with Gasteiger partial charge in [-0.3, -0.25) is 0 Å². The zero-order valence-electron chi connectivity index (χ0n) is 11.2. The number of unbranched alkanes of at least 4 members (excludes halogenated alkanes) is 1. The standard InChI is InChI=1S/C13H30N2/c1-5-9-14-10-7-8-12-15(11-6-2)13(3)4/h13-14H,5-12H2,1-4H3. The first kappa shape index (κ1) is 14.9. The second kappa shape index (κ2) is 10.4. The van der Waals surface area contributed by atoms with Gasteiger partial charge in [-0.25, -0.2) is 0 Å². The van der Waals surface area contributed by atoms with Gasteiger partial charge >= 0.3 is 0 Å². The van der Waals surface area contributed by atoms with Gasteiger partial charge in [0.1, 0.15) is 0 Å². The van der Waals surface area contributed by atoms with Crippen molar-refractivity contribution >= 4 is 0 Å². The molecule has 0 aromatic rings. The van der Waals surface area contributed by atoms with Gasteiger partial charge in [0.05, 0.1) is 0 Å². The quantitative estimate of drug-likeness (QED) is 0.563. The lowest BCUT2D eigenvalue weighted by Crippen LogP contribution is -2.32. The van der Waals surface area contributed by atoms with Crippen LogP contribution in [0.5, 0.6) is 0 Å². The highest BCUT2D eigenvalue weighted by atomic mass is 15.1. The summed E-state index contributed by atoms with van der Waals surface area (Å²) in [5, 5.41) is 3.45. The monoisotopic (exact) mass is 214 g/mol. The molecule has 0 aliphatic carbocycles. The van der Waals surface area contributed by atoms with E-state index in [0.717, 1.165) is 0 Å². The van der Waals surface area contributed by atoms with Crippen molar-refractivity contribution in [3.8, 4) is 0 Å². The van der Waals surface area contributed by atoms with E-state index in [-0.39, 0.29) is 0 Å². The molecule has 0 aromatic heterocycles. The Bertz CT molecular complexity index is 124. The molecule has 0 rings (SSSR count). The largest absolute Gasteiger partial charge is 0.317 e. The first-order valence-corrected chi connectivity index (χ1v) is 6.67. The van der Waals surface area contributed by atoms with Gasteiger partial charge in [0, 0.05) is 6.04 Å². The Labute approximate surface area is 96.4 Å². The molecule has 92 valence electrons. The van der Waals surface area contributed by atoms with Crippen molar-refractivity contribution in [3.63, 3.8) is 0 Å². The van der Waals surface area contributed by atoms with Crippen LogP contribution in [-0.4, -0.2) is 37.1 Å². The zero-order valence-corrected chi connectivity index (χ0v) is 11.2. The first-order valence-electron chi connectivity index (χ1n) is 6.67. The minimum absolute atomic E-state index is 0.702. The van der Waals surface area contributed by atoms with E-state index in [1.54, 1.807) is 0 Å². The van der Waals surface area contributed by atoms with Crippen molar-refractivity contribution in [1.82, 2.24) is 10.2 Å². The van der Waals surface area contributed by atoms with Crippen molar-refractivity contribution < 1.29 is 0 Å². The average molecular weight is 214 g/mol. The Balaban J connectivity index is 3.37. The maximum Gasteiger partial charge on any atom is 0.00385 e. The SMILES string of the molecule is CCCNCCCCN(CCC)C(C)C. The van der Waals surface area contributed by atoms with Crippen molar-refractivity contribution in [3.05, 3.63) is 0 Å². The van der Waals surface area contributed by atoms with E-state index in [9.17, 15) is 0 Å². The highest BCUT2D eigenvalue weighted by Gasteiger charge is 2.06. The number of rotatable bonds is 10. The number of nitrogens with zero attached hydrogens (tertiary/aromatic N) is 1. The van der Waals surface area contributed by atoms with Crippen molar-refractivity contribution in [2.45, 2.75) is 59.4 Å². The molecule has 0 saturated heterocycles. The summed E-state index contributed by atoms with van der Waals surface area (Å²) in [6.45, 7) is 13.9. The van der Waals surface area contributed by atoms with Gasteiger partial charge < -0.3 is 10.2 Å². The van der Waals surface area contributed by atoms with E-state index in [1.165, 1.54) is 51.9 Å². The predicted octanol–water partition coefficient (Wildman–Crippen LogP) is 2.89. The van der Waals surface area contributed by atoms with E-state index < -0.39 is 0 Å². The average Bonchev–Trinajstić information content (AvgIpc) is 2.21. The highest BCUT2D eigenvalue weighted by Crippen LogP contribution is 2.02. The molecule has 0 fully saturated rings. The molecule has 0 amide bonds. The van der Waals surface area contributed by atoms with Gasteiger partial charge in [-0.05, 0) is 65.7 Å². The predicted molar refractivity (Wildman–Crippen MR) is 69.4 cm³/mol. The zero-order chi connectivity index (χ0) is 11.5. The smallest absolute Gasteiger partial charge is 0.00385 e. The van der Waals surface area contributed by atoms with E-state index in [1.807, 2.05) is 0 Å². The summed E-state index contributed by atoms with van der Waals surface area (Å²) in [7, 11) is 0. The van der Waals surface area contributed by atoms with Gasteiger partial charge in [-0.15, -0.1) is 0 Å². The third kappa shape index (κ3) is 8.88. The van der Waals surface area contributed by atoms with Crippen LogP contribution in [0.4, 0.5) is 0 Å². The van der Waals surface area contributed by atoms with Crippen LogP contribution in [0.2, 0.25) is 0 Å². The van der Waals surface area contributed by atoms with Gasteiger partial charge in [-0.1, -0.05) is 13.8 Å². The first-order chi connectivity index (χ1) is 7.22. The number of hydrogen-bond acceptors (Lipinski definition) is 2. The summed E-state index contributed by atoms with van der Waals surface area (Å²) in [5.41, 5.74) is 0. The molecule has 0 spiro atoms. The summed E-state index contributed by atoms with van der Waals surface area (Å²) >= 11 is 0. The lowest BCUT2D eigenvalue weighted by Gasteiger charge is -2.25. The van der Waals surface area contributed by atoms with Gasteiger partial charge in [0.25, 0.3) is 0 Å². The fraction of sp³-hybridized carbons (Fsp3) is 1.00. The van der Waals surface area contributed by atoms with Crippen LogP contribution in [0.3, 0.4) is 0 Å². The molecule has 0 unspecified atom stereocenters. The van der Waals surface area contributed by atoms with Gasteiger partial charge in [0.15, 0.2) is 0 Å². The highest BCUT2D eigenvalue weighted by molar-refractivity contribution is 4.62. The summed E-state index contributed by atoms with van der Waals surface area (Å²) in [4.78, 5) is 2.58. The maximum absolute atomic E-state index is 3.45. The van der Waals surface area contributed by atoms with Crippen molar-refractivity contribution in [1.29, 1.82) is 0 Å². The maximum atomic E-state index is 3.45.